The number of halogens is 1. The van der Waals surface area contributed by atoms with Gasteiger partial charge in [0.25, 0.3) is 5.91 Å². The molecule has 2 aliphatic heterocycles. The number of ketones is 1. The second-order valence-electron chi connectivity index (χ2n) is 6.41. The van der Waals surface area contributed by atoms with Crippen LogP contribution in [0.25, 0.3) is 0 Å². The molecular weight excluding hydrogens is 342 g/mol. The van der Waals surface area contributed by atoms with Gasteiger partial charge in [0, 0.05) is 37.8 Å². The molecule has 1 aromatic rings. The summed E-state index contributed by atoms with van der Waals surface area (Å²) in [5.41, 5.74) is 0.917. The van der Waals surface area contributed by atoms with Crippen LogP contribution in [-0.4, -0.2) is 66.2 Å². The number of amides is 2. The zero-order chi connectivity index (χ0) is 17.1. The van der Waals surface area contributed by atoms with Crippen molar-refractivity contribution < 1.29 is 14.4 Å². The number of nitrogens with zero attached hydrogens (tertiary/aromatic N) is 2. The second-order valence-corrected chi connectivity index (χ2v) is 6.41. The van der Waals surface area contributed by atoms with Crippen LogP contribution in [0.3, 0.4) is 0 Å². The van der Waals surface area contributed by atoms with Gasteiger partial charge in [0.1, 0.15) is 0 Å². The van der Waals surface area contributed by atoms with Gasteiger partial charge in [-0.25, -0.2) is 0 Å². The van der Waals surface area contributed by atoms with Crippen molar-refractivity contribution in [3.05, 3.63) is 35.4 Å². The average molecular weight is 366 g/mol. The fourth-order valence-electron chi connectivity index (χ4n) is 3.55. The largest absolute Gasteiger partial charge is 0.337 e. The van der Waals surface area contributed by atoms with E-state index in [2.05, 4.69) is 5.32 Å². The molecule has 0 saturated carbocycles. The predicted octanol–water partition coefficient (Wildman–Crippen LogP) is 1.35. The van der Waals surface area contributed by atoms with Gasteiger partial charge in [-0.3, -0.25) is 14.4 Å². The summed E-state index contributed by atoms with van der Waals surface area (Å²) in [6, 6.07) is 7.02. The summed E-state index contributed by atoms with van der Waals surface area (Å²) < 4.78 is 0. The topological polar surface area (TPSA) is 69.7 Å². The van der Waals surface area contributed by atoms with Gasteiger partial charge < -0.3 is 15.1 Å². The van der Waals surface area contributed by atoms with Gasteiger partial charge in [-0.1, -0.05) is 18.2 Å². The molecule has 1 N–H and O–H groups in total. The van der Waals surface area contributed by atoms with E-state index in [1.807, 2.05) is 4.90 Å². The summed E-state index contributed by atoms with van der Waals surface area (Å²) >= 11 is 0. The third-order valence-corrected chi connectivity index (χ3v) is 4.79. The number of hydrogen-bond donors (Lipinski definition) is 1. The monoisotopic (exact) mass is 365 g/mol. The molecule has 1 unspecified atom stereocenters. The lowest BCUT2D eigenvalue weighted by molar-refractivity contribution is -0.135. The van der Waals surface area contributed by atoms with Crippen molar-refractivity contribution in [3.63, 3.8) is 0 Å². The fraction of sp³-hybridized carbons (Fsp3) is 0.500. The molecule has 2 fully saturated rings. The molecule has 6 nitrogen and oxygen atoms in total. The zero-order valence-corrected chi connectivity index (χ0v) is 15.2. The van der Waals surface area contributed by atoms with Crippen molar-refractivity contribution in [1.82, 2.24) is 15.1 Å². The lowest BCUT2D eigenvalue weighted by atomic mass is 9.99. The molecule has 25 heavy (non-hydrogen) atoms. The first kappa shape index (κ1) is 19.4. The Kier molecular flexibility index (Phi) is 6.56. The first-order chi connectivity index (χ1) is 11.6. The molecule has 2 amide bonds. The number of rotatable bonds is 3. The summed E-state index contributed by atoms with van der Waals surface area (Å²) in [6.07, 6.45) is 1.79. The Hall–Kier alpha value is -1.92. The number of likely N-dealkylation sites (tertiary alicyclic amines) is 1. The van der Waals surface area contributed by atoms with Gasteiger partial charge in [-0.05, 0) is 25.8 Å². The quantitative estimate of drug-likeness (QED) is 0.821. The Labute approximate surface area is 154 Å². The van der Waals surface area contributed by atoms with Crippen LogP contribution in [0.1, 0.15) is 40.5 Å². The highest BCUT2D eigenvalue weighted by molar-refractivity contribution is 6.07. The van der Waals surface area contributed by atoms with Gasteiger partial charge in [0.05, 0.1) is 12.1 Å². The van der Waals surface area contributed by atoms with Crippen LogP contribution in [0.4, 0.5) is 0 Å². The number of carbonyl (C=O) groups is 3. The molecular formula is C18H24ClN3O3. The van der Waals surface area contributed by atoms with Crippen molar-refractivity contribution in [3.8, 4) is 0 Å². The van der Waals surface area contributed by atoms with E-state index < -0.39 is 0 Å². The lowest BCUT2D eigenvalue weighted by Crippen LogP contribution is -2.57. The number of benzene rings is 1. The van der Waals surface area contributed by atoms with Gasteiger partial charge >= 0.3 is 0 Å². The third-order valence-electron chi connectivity index (χ3n) is 4.79. The molecule has 0 aliphatic carbocycles. The fourth-order valence-corrected chi connectivity index (χ4v) is 3.55. The summed E-state index contributed by atoms with van der Waals surface area (Å²) in [6.45, 7) is 4.54. The average Bonchev–Trinajstić information content (AvgIpc) is 2.61. The van der Waals surface area contributed by atoms with Gasteiger partial charge in [0.2, 0.25) is 5.91 Å². The molecule has 2 aliphatic rings. The Balaban J connectivity index is 0.00000225. The van der Waals surface area contributed by atoms with E-state index in [1.54, 1.807) is 29.2 Å². The minimum absolute atomic E-state index is 0. The standard InChI is InChI=1S/C18H23N3O3.ClH/c1-13(22)15-6-2-3-7-16(15)18(24)20-9-4-5-14(12-20)21-10-8-19-11-17(21)23;/h2-3,6-7,14,19H,4-5,8-12H2,1H3;1H. The molecule has 2 saturated heterocycles. The molecule has 0 bridgehead atoms. The van der Waals surface area contributed by atoms with E-state index in [1.165, 1.54) is 6.92 Å². The lowest BCUT2D eigenvalue weighted by Gasteiger charge is -2.41. The van der Waals surface area contributed by atoms with Gasteiger partial charge in [-0.2, -0.15) is 0 Å². The Bertz CT molecular complexity index is 665. The van der Waals surface area contributed by atoms with E-state index in [-0.39, 0.29) is 36.0 Å². The smallest absolute Gasteiger partial charge is 0.254 e. The summed E-state index contributed by atoms with van der Waals surface area (Å²) in [4.78, 5) is 40.4. The summed E-state index contributed by atoms with van der Waals surface area (Å²) in [7, 11) is 0. The van der Waals surface area contributed by atoms with E-state index in [0.29, 0.717) is 37.3 Å². The molecule has 3 rings (SSSR count). The number of Topliss-reactive ketones (excluding diaryl/α,β-unsaturated/α-hetero) is 1. The normalized spacial score (nSPS) is 20.8. The van der Waals surface area contributed by atoms with Crippen LogP contribution in [0.2, 0.25) is 0 Å². The second kappa shape index (κ2) is 8.45. The number of piperidine rings is 1. The highest BCUT2D eigenvalue weighted by Gasteiger charge is 2.32. The molecule has 2 heterocycles. The molecule has 0 aromatic heterocycles. The number of nitrogens with one attached hydrogen (secondary N) is 1. The summed E-state index contributed by atoms with van der Waals surface area (Å²) in [5, 5.41) is 3.07. The van der Waals surface area contributed by atoms with Crippen LogP contribution in [0, 0.1) is 0 Å². The number of carbonyl (C=O) groups excluding carboxylic acids is 3. The van der Waals surface area contributed by atoms with E-state index in [9.17, 15) is 14.4 Å². The van der Waals surface area contributed by atoms with Gasteiger partial charge in [0.15, 0.2) is 5.78 Å². The first-order valence-corrected chi connectivity index (χ1v) is 8.47. The predicted molar refractivity (Wildman–Crippen MR) is 97.2 cm³/mol. The number of hydrogen-bond acceptors (Lipinski definition) is 4. The van der Waals surface area contributed by atoms with Crippen molar-refractivity contribution >= 4 is 30.0 Å². The van der Waals surface area contributed by atoms with Crippen LogP contribution in [-0.2, 0) is 4.79 Å². The van der Waals surface area contributed by atoms with Crippen molar-refractivity contribution in [1.29, 1.82) is 0 Å². The highest BCUT2D eigenvalue weighted by atomic mass is 35.5. The van der Waals surface area contributed by atoms with Crippen LogP contribution in [0.15, 0.2) is 24.3 Å². The molecule has 0 spiro atoms. The summed E-state index contributed by atoms with van der Waals surface area (Å²) in [5.74, 6) is -0.123. The Morgan fingerprint density at radius 1 is 1.16 bits per heavy atom. The minimum Gasteiger partial charge on any atom is -0.337 e. The molecule has 136 valence electrons. The maximum atomic E-state index is 12.9. The maximum absolute atomic E-state index is 12.9. The van der Waals surface area contributed by atoms with Crippen molar-refractivity contribution in [2.45, 2.75) is 25.8 Å². The van der Waals surface area contributed by atoms with E-state index in [4.69, 9.17) is 0 Å². The molecule has 0 radical (unpaired) electrons. The SMILES string of the molecule is CC(=O)c1ccccc1C(=O)N1CCCC(N2CCNCC2=O)C1.Cl. The minimum atomic E-state index is -0.118. The molecule has 1 atom stereocenters. The number of piperazine rings is 1. The molecule has 1 aromatic carbocycles. The highest BCUT2D eigenvalue weighted by Crippen LogP contribution is 2.20. The van der Waals surface area contributed by atoms with Crippen LogP contribution in [0.5, 0.6) is 0 Å². The third kappa shape index (κ3) is 4.19. The van der Waals surface area contributed by atoms with Gasteiger partial charge in [-0.15, -0.1) is 12.4 Å². The van der Waals surface area contributed by atoms with Crippen LogP contribution >= 0.6 is 12.4 Å². The van der Waals surface area contributed by atoms with Crippen molar-refractivity contribution in [2.75, 3.05) is 32.7 Å². The van der Waals surface area contributed by atoms with Crippen LogP contribution < -0.4 is 5.32 Å². The molecule has 7 heteroatoms. The maximum Gasteiger partial charge on any atom is 0.254 e. The van der Waals surface area contributed by atoms with E-state index in [0.717, 1.165) is 19.4 Å². The Morgan fingerprint density at radius 3 is 2.56 bits per heavy atom. The van der Waals surface area contributed by atoms with Crippen molar-refractivity contribution in [2.24, 2.45) is 0 Å². The van der Waals surface area contributed by atoms with E-state index >= 15 is 0 Å². The first-order valence-electron chi connectivity index (χ1n) is 8.47. The Morgan fingerprint density at radius 2 is 1.88 bits per heavy atom. The zero-order valence-electron chi connectivity index (χ0n) is 14.4.